The van der Waals surface area contributed by atoms with Crippen LogP contribution in [0.25, 0.3) is 0 Å². The van der Waals surface area contributed by atoms with Gasteiger partial charge in [-0.3, -0.25) is 9.78 Å². The van der Waals surface area contributed by atoms with Crippen molar-refractivity contribution in [1.29, 1.82) is 0 Å². The van der Waals surface area contributed by atoms with Crippen LogP contribution in [-0.2, 0) is 6.42 Å². The number of aromatic nitrogens is 1. The Balaban J connectivity index is 1.98. The van der Waals surface area contributed by atoms with Crippen molar-refractivity contribution in [2.75, 3.05) is 6.61 Å². The molecule has 0 spiro atoms. The monoisotopic (exact) mass is 256 g/mol. The van der Waals surface area contributed by atoms with Crippen LogP contribution in [-0.4, -0.2) is 28.6 Å². The zero-order chi connectivity index (χ0) is 13.5. The molecule has 0 unspecified atom stereocenters. The second kappa shape index (κ2) is 6.66. The molecule has 2 aromatic rings. The van der Waals surface area contributed by atoms with Crippen LogP contribution in [0.15, 0.2) is 54.9 Å². The smallest absolute Gasteiger partial charge is 0.251 e. The number of aliphatic hydroxyl groups is 1. The molecule has 1 atom stereocenters. The molecule has 1 aromatic carbocycles. The summed E-state index contributed by atoms with van der Waals surface area (Å²) in [6.45, 7) is -0.0915. The zero-order valence-electron chi connectivity index (χ0n) is 10.5. The highest BCUT2D eigenvalue weighted by Crippen LogP contribution is 2.04. The molecule has 98 valence electrons. The van der Waals surface area contributed by atoms with Gasteiger partial charge in [0.15, 0.2) is 0 Å². The van der Waals surface area contributed by atoms with Crippen molar-refractivity contribution in [2.45, 2.75) is 12.5 Å². The Morgan fingerprint density at radius 1 is 1.16 bits per heavy atom. The van der Waals surface area contributed by atoms with Crippen LogP contribution in [0, 0.1) is 0 Å². The normalized spacial score (nSPS) is 11.8. The summed E-state index contributed by atoms with van der Waals surface area (Å²) in [6.07, 6.45) is 3.74. The molecule has 0 fully saturated rings. The van der Waals surface area contributed by atoms with Gasteiger partial charge in [-0.15, -0.1) is 0 Å². The summed E-state index contributed by atoms with van der Waals surface area (Å²) >= 11 is 0. The molecule has 4 heteroatoms. The average molecular weight is 256 g/mol. The van der Waals surface area contributed by atoms with Crippen LogP contribution in [0.5, 0.6) is 0 Å². The highest BCUT2D eigenvalue weighted by atomic mass is 16.3. The van der Waals surface area contributed by atoms with Crippen LogP contribution >= 0.6 is 0 Å². The van der Waals surface area contributed by atoms with E-state index >= 15 is 0 Å². The highest BCUT2D eigenvalue weighted by molar-refractivity contribution is 5.94. The van der Waals surface area contributed by atoms with Crippen molar-refractivity contribution >= 4 is 5.91 Å². The maximum absolute atomic E-state index is 12.0. The molecule has 1 aromatic heterocycles. The first-order valence-corrected chi connectivity index (χ1v) is 6.15. The summed E-state index contributed by atoms with van der Waals surface area (Å²) in [6, 6.07) is 12.8. The van der Waals surface area contributed by atoms with E-state index in [1.807, 2.05) is 30.3 Å². The van der Waals surface area contributed by atoms with Gasteiger partial charge in [0.25, 0.3) is 5.91 Å². The van der Waals surface area contributed by atoms with Gasteiger partial charge in [0.05, 0.1) is 12.6 Å². The average Bonchev–Trinajstić information content (AvgIpc) is 2.48. The molecule has 0 aliphatic heterocycles. The third-order valence-corrected chi connectivity index (χ3v) is 2.82. The molecular formula is C15H16N2O2. The van der Waals surface area contributed by atoms with E-state index < -0.39 is 0 Å². The Kier molecular flexibility index (Phi) is 4.64. The third kappa shape index (κ3) is 3.89. The SMILES string of the molecule is O=C(N[C@@H](CO)Cc1ccccc1)c1ccncc1. The number of nitrogens with zero attached hydrogens (tertiary/aromatic N) is 1. The van der Waals surface area contributed by atoms with Gasteiger partial charge in [0.2, 0.25) is 0 Å². The number of rotatable bonds is 5. The summed E-state index contributed by atoms with van der Waals surface area (Å²) in [5.74, 6) is -0.197. The maximum atomic E-state index is 12.0. The Labute approximate surface area is 112 Å². The maximum Gasteiger partial charge on any atom is 0.251 e. The fourth-order valence-electron chi connectivity index (χ4n) is 1.83. The lowest BCUT2D eigenvalue weighted by atomic mass is 10.1. The van der Waals surface area contributed by atoms with Crippen LogP contribution in [0.4, 0.5) is 0 Å². The van der Waals surface area contributed by atoms with Gasteiger partial charge in [-0.1, -0.05) is 30.3 Å². The topological polar surface area (TPSA) is 62.2 Å². The number of carbonyl (C=O) groups is 1. The van der Waals surface area contributed by atoms with E-state index in [0.29, 0.717) is 12.0 Å². The fraction of sp³-hybridized carbons (Fsp3) is 0.200. The molecular weight excluding hydrogens is 240 g/mol. The van der Waals surface area contributed by atoms with Gasteiger partial charge in [-0.25, -0.2) is 0 Å². The van der Waals surface area contributed by atoms with Gasteiger partial charge in [0.1, 0.15) is 0 Å². The first-order valence-electron chi connectivity index (χ1n) is 6.15. The van der Waals surface area contributed by atoms with Gasteiger partial charge in [-0.2, -0.15) is 0 Å². The van der Waals surface area contributed by atoms with Gasteiger partial charge >= 0.3 is 0 Å². The van der Waals surface area contributed by atoms with Gasteiger partial charge < -0.3 is 10.4 Å². The van der Waals surface area contributed by atoms with E-state index in [0.717, 1.165) is 5.56 Å². The molecule has 0 saturated carbocycles. The summed E-state index contributed by atoms with van der Waals surface area (Å²) < 4.78 is 0. The van der Waals surface area contributed by atoms with Gasteiger partial charge in [-0.05, 0) is 24.1 Å². The second-order valence-electron chi connectivity index (χ2n) is 4.28. The van der Waals surface area contributed by atoms with E-state index in [2.05, 4.69) is 10.3 Å². The number of nitrogens with one attached hydrogen (secondary N) is 1. The number of hydrogen-bond acceptors (Lipinski definition) is 3. The Morgan fingerprint density at radius 2 is 1.84 bits per heavy atom. The number of aliphatic hydroxyl groups excluding tert-OH is 1. The lowest BCUT2D eigenvalue weighted by Gasteiger charge is -2.16. The zero-order valence-corrected chi connectivity index (χ0v) is 10.5. The van der Waals surface area contributed by atoms with Crippen molar-refractivity contribution in [3.8, 4) is 0 Å². The highest BCUT2D eigenvalue weighted by Gasteiger charge is 2.13. The first kappa shape index (κ1) is 13.2. The second-order valence-corrected chi connectivity index (χ2v) is 4.28. The quantitative estimate of drug-likeness (QED) is 0.850. The van der Waals surface area contributed by atoms with Gasteiger partial charge in [0, 0.05) is 18.0 Å². The predicted octanol–water partition coefficient (Wildman–Crippen LogP) is 1.41. The minimum atomic E-state index is -0.289. The van der Waals surface area contributed by atoms with E-state index in [1.165, 1.54) is 0 Å². The predicted molar refractivity (Wildman–Crippen MR) is 72.7 cm³/mol. The molecule has 0 aliphatic carbocycles. The summed E-state index contributed by atoms with van der Waals surface area (Å²) in [5.41, 5.74) is 1.62. The van der Waals surface area contributed by atoms with E-state index in [9.17, 15) is 9.90 Å². The lowest BCUT2D eigenvalue weighted by molar-refractivity contribution is 0.0916. The van der Waals surface area contributed by atoms with E-state index in [-0.39, 0.29) is 18.6 Å². The number of hydrogen-bond donors (Lipinski definition) is 2. The number of carbonyl (C=O) groups excluding carboxylic acids is 1. The van der Waals surface area contributed by atoms with Crippen molar-refractivity contribution in [1.82, 2.24) is 10.3 Å². The number of amides is 1. The molecule has 0 aliphatic rings. The van der Waals surface area contributed by atoms with E-state index in [1.54, 1.807) is 24.5 Å². The Bertz CT molecular complexity index is 514. The molecule has 1 amide bonds. The fourth-order valence-corrected chi connectivity index (χ4v) is 1.83. The van der Waals surface area contributed by atoms with Crippen molar-refractivity contribution in [3.63, 3.8) is 0 Å². The number of pyridine rings is 1. The molecule has 2 N–H and O–H groups in total. The molecule has 1 heterocycles. The minimum absolute atomic E-state index is 0.0915. The van der Waals surface area contributed by atoms with Crippen molar-refractivity contribution < 1.29 is 9.90 Å². The molecule has 0 saturated heterocycles. The van der Waals surface area contributed by atoms with Crippen LogP contribution < -0.4 is 5.32 Å². The summed E-state index contributed by atoms with van der Waals surface area (Å²) in [5, 5.41) is 12.2. The summed E-state index contributed by atoms with van der Waals surface area (Å²) in [7, 11) is 0. The van der Waals surface area contributed by atoms with Crippen molar-refractivity contribution in [3.05, 3.63) is 66.0 Å². The molecule has 0 radical (unpaired) electrons. The lowest BCUT2D eigenvalue weighted by Crippen LogP contribution is -2.39. The third-order valence-electron chi connectivity index (χ3n) is 2.82. The largest absolute Gasteiger partial charge is 0.394 e. The van der Waals surface area contributed by atoms with Crippen LogP contribution in [0.3, 0.4) is 0 Å². The minimum Gasteiger partial charge on any atom is -0.394 e. The van der Waals surface area contributed by atoms with Crippen LogP contribution in [0.1, 0.15) is 15.9 Å². The standard InChI is InChI=1S/C15H16N2O2/c18-11-14(10-12-4-2-1-3-5-12)17-15(19)13-6-8-16-9-7-13/h1-9,14,18H,10-11H2,(H,17,19)/t14-/m1/s1. The molecule has 0 bridgehead atoms. The Hall–Kier alpha value is -2.20. The van der Waals surface area contributed by atoms with Crippen LogP contribution in [0.2, 0.25) is 0 Å². The van der Waals surface area contributed by atoms with Crippen molar-refractivity contribution in [2.24, 2.45) is 0 Å². The number of benzene rings is 1. The molecule has 4 nitrogen and oxygen atoms in total. The summed E-state index contributed by atoms with van der Waals surface area (Å²) in [4.78, 5) is 15.8. The van der Waals surface area contributed by atoms with E-state index in [4.69, 9.17) is 0 Å². The molecule has 19 heavy (non-hydrogen) atoms. The first-order chi connectivity index (χ1) is 9.29. The Morgan fingerprint density at radius 3 is 2.47 bits per heavy atom. The molecule has 2 rings (SSSR count).